The molecule has 0 atom stereocenters. The molecule has 18 heavy (non-hydrogen) atoms. The Balaban J connectivity index is 2.10. The van der Waals surface area contributed by atoms with Gasteiger partial charge in [0.25, 0.3) is 6.39 Å². The molecule has 2 aromatic heterocycles. The Morgan fingerprint density at radius 2 is 1.83 bits per heavy atom. The second-order valence-electron chi connectivity index (χ2n) is 3.98. The molecule has 0 bridgehead atoms. The zero-order valence-corrected chi connectivity index (χ0v) is 9.25. The van der Waals surface area contributed by atoms with E-state index in [1.807, 2.05) is 42.5 Å². The Bertz CT molecular complexity index is 845. The molecule has 0 aliphatic rings. The number of hydrogen-bond donors (Lipinski definition) is 0. The van der Waals surface area contributed by atoms with E-state index in [9.17, 15) is 0 Å². The van der Waals surface area contributed by atoms with E-state index < -0.39 is 0 Å². The highest BCUT2D eigenvalue weighted by atomic mass is 16.5. The van der Waals surface area contributed by atoms with Crippen molar-refractivity contribution >= 4 is 22.1 Å². The summed E-state index contributed by atoms with van der Waals surface area (Å²) in [5, 5.41) is 5.09. The Morgan fingerprint density at radius 3 is 2.83 bits per heavy atom. The predicted molar refractivity (Wildman–Crippen MR) is 65.8 cm³/mol. The van der Waals surface area contributed by atoms with Gasteiger partial charge in [-0.25, -0.2) is 4.98 Å². The summed E-state index contributed by atoms with van der Waals surface area (Å²) in [5.74, 6) is 0. The fourth-order valence-electron chi connectivity index (χ4n) is 2.11. The van der Waals surface area contributed by atoms with Crippen LogP contribution in [0, 0.1) is 6.39 Å². The minimum Gasteiger partial charge on any atom is -0.432 e. The van der Waals surface area contributed by atoms with Crippen molar-refractivity contribution in [2.45, 2.75) is 0 Å². The van der Waals surface area contributed by atoms with Crippen molar-refractivity contribution in [3.05, 3.63) is 48.9 Å². The zero-order chi connectivity index (χ0) is 11.9. The van der Waals surface area contributed by atoms with Crippen molar-refractivity contribution in [1.82, 2.24) is 10.1 Å². The van der Waals surface area contributed by atoms with Crippen LogP contribution in [0.5, 0.6) is 0 Å². The van der Waals surface area contributed by atoms with Gasteiger partial charge in [0.1, 0.15) is 11.2 Å². The summed E-state index contributed by atoms with van der Waals surface area (Å²) in [5.41, 5.74) is 3.87. The maximum absolute atomic E-state index is 5.31. The van der Waals surface area contributed by atoms with Crippen LogP contribution in [0.1, 0.15) is 0 Å². The summed E-state index contributed by atoms with van der Waals surface area (Å²) >= 11 is 0. The molecule has 0 N–H and O–H groups in total. The van der Waals surface area contributed by atoms with E-state index in [1.165, 1.54) is 0 Å². The molecule has 0 aliphatic heterocycles. The Kier molecular flexibility index (Phi) is 1.80. The Hall–Kier alpha value is -2.62. The second-order valence-corrected chi connectivity index (χ2v) is 3.98. The number of hydrogen-bond acceptors (Lipinski definition) is 4. The van der Waals surface area contributed by atoms with Crippen molar-refractivity contribution in [3.63, 3.8) is 0 Å². The molecule has 0 unspecified atom stereocenters. The standard InChI is InChI=1S/C14H7N2O2/c1-2-6-11-9(4-1)13(16-18-11)10-5-3-7-12-14(10)15-8-17-12/h1-7H. The maximum Gasteiger partial charge on any atom is 0.284 e. The second kappa shape index (κ2) is 3.43. The molecule has 85 valence electrons. The van der Waals surface area contributed by atoms with Gasteiger partial charge in [0.2, 0.25) is 0 Å². The van der Waals surface area contributed by atoms with E-state index in [0.29, 0.717) is 5.58 Å². The van der Waals surface area contributed by atoms with Crippen LogP contribution in [0.15, 0.2) is 51.4 Å². The van der Waals surface area contributed by atoms with E-state index in [2.05, 4.69) is 16.5 Å². The third-order valence-corrected chi connectivity index (χ3v) is 2.94. The fourth-order valence-corrected chi connectivity index (χ4v) is 2.11. The summed E-state index contributed by atoms with van der Waals surface area (Å²) in [4.78, 5) is 4.11. The largest absolute Gasteiger partial charge is 0.432 e. The lowest BCUT2D eigenvalue weighted by Gasteiger charge is -1.96. The normalized spacial score (nSPS) is 11.3. The van der Waals surface area contributed by atoms with E-state index in [4.69, 9.17) is 8.94 Å². The lowest BCUT2D eigenvalue weighted by atomic mass is 10.1. The van der Waals surface area contributed by atoms with Crippen molar-refractivity contribution in [3.8, 4) is 11.3 Å². The number of aromatic nitrogens is 2. The van der Waals surface area contributed by atoms with Gasteiger partial charge in [0, 0.05) is 10.9 Å². The van der Waals surface area contributed by atoms with Crippen LogP contribution in [-0.4, -0.2) is 10.1 Å². The molecule has 4 aromatic rings. The molecule has 4 heteroatoms. The molecule has 4 rings (SSSR count). The molecule has 0 aliphatic carbocycles. The molecular weight excluding hydrogens is 228 g/mol. The molecule has 2 aromatic carbocycles. The van der Waals surface area contributed by atoms with Gasteiger partial charge in [0.15, 0.2) is 11.2 Å². The Morgan fingerprint density at radius 1 is 0.944 bits per heavy atom. The average Bonchev–Trinajstić information content (AvgIpc) is 3.05. The van der Waals surface area contributed by atoms with Crippen molar-refractivity contribution in [1.29, 1.82) is 0 Å². The summed E-state index contributed by atoms with van der Waals surface area (Å²) in [6.45, 7) is 0. The number of para-hydroxylation sites is 2. The van der Waals surface area contributed by atoms with Gasteiger partial charge in [-0.05, 0) is 18.2 Å². The molecule has 0 amide bonds. The summed E-state index contributed by atoms with van der Waals surface area (Å²) in [6, 6.07) is 13.4. The van der Waals surface area contributed by atoms with Crippen LogP contribution in [-0.2, 0) is 0 Å². The maximum atomic E-state index is 5.31. The highest BCUT2D eigenvalue weighted by Gasteiger charge is 2.14. The lowest BCUT2D eigenvalue weighted by molar-refractivity contribution is 0.459. The van der Waals surface area contributed by atoms with Gasteiger partial charge in [-0.15, -0.1) is 0 Å². The van der Waals surface area contributed by atoms with Gasteiger partial charge in [-0.1, -0.05) is 29.4 Å². The SMILES string of the molecule is [c]1nc2c(-c3noc4ccccc34)cccc2o1. The Labute approximate surface area is 102 Å². The molecule has 1 radical (unpaired) electrons. The first-order valence-corrected chi connectivity index (χ1v) is 5.54. The van der Waals surface area contributed by atoms with Crippen molar-refractivity contribution in [2.75, 3.05) is 0 Å². The topological polar surface area (TPSA) is 52.1 Å². The average molecular weight is 235 g/mol. The first-order valence-electron chi connectivity index (χ1n) is 5.54. The molecule has 2 heterocycles. The number of nitrogens with zero attached hydrogens (tertiary/aromatic N) is 2. The molecule has 0 spiro atoms. The van der Waals surface area contributed by atoms with E-state index >= 15 is 0 Å². The highest BCUT2D eigenvalue weighted by molar-refractivity contribution is 5.99. The quantitative estimate of drug-likeness (QED) is 0.507. The molecule has 4 nitrogen and oxygen atoms in total. The highest BCUT2D eigenvalue weighted by Crippen LogP contribution is 2.31. The van der Waals surface area contributed by atoms with Crippen molar-refractivity contribution in [2.24, 2.45) is 0 Å². The zero-order valence-electron chi connectivity index (χ0n) is 9.25. The minimum atomic E-state index is 0.694. The predicted octanol–water partition coefficient (Wildman–Crippen LogP) is 3.44. The van der Waals surface area contributed by atoms with Crippen LogP contribution in [0.2, 0.25) is 0 Å². The van der Waals surface area contributed by atoms with Gasteiger partial charge < -0.3 is 8.94 Å². The van der Waals surface area contributed by atoms with Gasteiger partial charge >= 0.3 is 0 Å². The van der Waals surface area contributed by atoms with Crippen LogP contribution in [0.25, 0.3) is 33.3 Å². The first kappa shape index (κ1) is 9.41. The lowest BCUT2D eigenvalue weighted by Crippen LogP contribution is -1.80. The van der Waals surface area contributed by atoms with Crippen molar-refractivity contribution < 1.29 is 8.94 Å². The molecular formula is C14H7N2O2. The minimum absolute atomic E-state index is 0.694. The molecule has 0 saturated carbocycles. The van der Waals surface area contributed by atoms with Gasteiger partial charge in [0.05, 0.1) is 0 Å². The van der Waals surface area contributed by atoms with E-state index in [0.717, 1.165) is 27.7 Å². The number of rotatable bonds is 1. The first-order chi connectivity index (χ1) is 8.93. The van der Waals surface area contributed by atoms with Gasteiger partial charge in [-0.3, -0.25) is 0 Å². The number of benzene rings is 2. The third-order valence-electron chi connectivity index (χ3n) is 2.94. The summed E-state index contributed by atoms with van der Waals surface area (Å²) in [7, 11) is 0. The molecule has 0 saturated heterocycles. The number of oxazole rings is 1. The van der Waals surface area contributed by atoms with E-state index in [-0.39, 0.29) is 0 Å². The molecule has 0 fully saturated rings. The summed E-state index contributed by atoms with van der Waals surface area (Å²) < 4.78 is 10.5. The van der Waals surface area contributed by atoms with Crippen LogP contribution >= 0.6 is 0 Å². The van der Waals surface area contributed by atoms with E-state index in [1.54, 1.807) is 0 Å². The van der Waals surface area contributed by atoms with Crippen LogP contribution in [0.4, 0.5) is 0 Å². The smallest absolute Gasteiger partial charge is 0.284 e. The van der Waals surface area contributed by atoms with Gasteiger partial charge in [-0.2, -0.15) is 0 Å². The third kappa shape index (κ3) is 1.20. The fraction of sp³-hybridized carbons (Fsp3) is 0. The summed E-state index contributed by atoms with van der Waals surface area (Å²) in [6.07, 6.45) is 2.50. The monoisotopic (exact) mass is 235 g/mol. The van der Waals surface area contributed by atoms with Crippen LogP contribution in [0.3, 0.4) is 0 Å². The van der Waals surface area contributed by atoms with Crippen LogP contribution < -0.4 is 0 Å². The number of fused-ring (bicyclic) bond motifs is 2.